The summed E-state index contributed by atoms with van der Waals surface area (Å²) in [7, 11) is 0. The molecule has 3 heteroatoms. The maximum absolute atomic E-state index is 13.8. The summed E-state index contributed by atoms with van der Waals surface area (Å²) in [6.07, 6.45) is 6.10. The summed E-state index contributed by atoms with van der Waals surface area (Å²) in [5.74, 6) is -0.0958. The van der Waals surface area contributed by atoms with Crippen LogP contribution >= 0.6 is 0 Å². The van der Waals surface area contributed by atoms with Gasteiger partial charge in [-0.1, -0.05) is 31.5 Å². The highest BCUT2D eigenvalue weighted by molar-refractivity contribution is 5.21. The van der Waals surface area contributed by atoms with Crippen LogP contribution in [-0.4, -0.2) is 30.6 Å². The summed E-state index contributed by atoms with van der Waals surface area (Å²) in [6.45, 7) is 7.79. The minimum atomic E-state index is -0.0958. The number of nitrogens with zero attached hydrogens (tertiary/aromatic N) is 1. The lowest BCUT2D eigenvalue weighted by molar-refractivity contribution is 0.158. The molecule has 1 saturated heterocycles. The summed E-state index contributed by atoms with van der Waals surface area (Å²) in [6, 6.07) is 7.97. The van der Waals surface area contributed by atoms with Crippen molar-refractivity contribution in [3.05, 3.63) is 35.6 Å². The molecule has 1 aromatic carbocycles. The molecule has 21 heavy (non-hydrogen) atoms. The topological polar surface area (TPSA) is 15.3 Å². The van der Waals surface area contributed by atoms with Crippen molar-refractivity contribution in [2.75, 3.05) is 19.6 Å². The molecule has 2 nitrogen and oxygen atoms in total. The van der Waals surface area contributed by atoms with Crippen molar-refractivity contribution >= 4 is 0 Å². The maximum Gasteiger partial charge on any atom is 0.127 e. The van der Waals surface area contributed by atoms with Crippen LogP contribution < -0.4 is 5.32 Å². The van der Waals surface area contributed by atoms with Gasteiger partial charge in [0.1, 0.15) is 5.82 Å². The van der Waals surface area contributed by atoms with Crippen molar-refractivity contribution < 1.29 is 4.39 Å². The van der Waals surface area contributed by atoms with E-state index in [2.05, 4.69) is 24.1 Å². The maximum atomic E-state index is 13.8. The van der Waals surface area contributed by atoms with Crippen LogP contribution in [0.3, 0.4) is 0 Å². The molecule has 1 aliphatic heterocycles. The predicted molar refractivity (Wildman–Crippen MR) is 86.9 cm³/mol. The van der Waals surface area contributed by atoms with Gasteiger partial charge in [-0.05, 0) is 58.3 Å². The number of halogens is 1. The van der Waals surface area contributed by atoms with Gasteiger partial charge in [-0.2, -0.15) is 0 Å². The standard InChI is InChI=1S/C18H29FN2/c1-3-18(16-10-4-5-11-17(16)19)20-12-8-14-21-13-7-6-9-15(21)2/h4-5,10-11,15,18,20H,3,6-9,12-14H2,1-2H3. The van der Waals surface area contributed by atoms with Gasteiger partial charge in [0.05, 0.1) is 0 Å². The van der Waals surface area contributed by atoms with Gasteiger partial charge in [-0.3, -0.25) is 0 Å². The lowest BCUT2D eigenvalue weighted by Crippen LogP contribution is -2.39. The summed E-state index contributed by atoms with van der Waals surface area (Å²) in [4.78, 5) is 2.59. The van der Waals surface area contributed by atoms with Crippen molar-refractivity contribution in [1.82, 2.24) is 10.2 Å². The Balaban J connectivity index is 1.75. The SMILES string of the molecule is CCC(NCCCN1CCCCC1C)c1ccccc1F. The van der Waals surface area contributed by atoms with Crippen LogP contribution in [0.2, 0.25) is 0 Å². The molecule has 0 spiro atoms. The van der Waals surface area contributed by atoms with Gasteiger partial charge in [0.15, 0.2) is 0 Å². The van der Waals surface area contributed by atoms with Gasteiger partial charge in [-0.25, -0.2) is 4.39 Å². The van der Waals surface area contributed by atoms with E-state index in [1.807, 2.05) is 12.1 Å². The van der Waals surface area contributed by atoms with Crippen LogP contribution in [0.15, 0.2) is 24.3 Å². The van der Waals surface area contributed by atoms with E-state index in [0.717, 1.165) is 37.5 Å². The Morgan fingerprint density at radius 3 is 2.86 bits per heavy atom. The van der Waals surface area contributed by atoms with Gasteiger partial charge < -0.3 is 10.2 Å². The molecular weight excluding hydrogens is 263 g/mol. The zero-order valence-corrected chi connectivity index (χ0v) is 13.4. The number of rotatable bonds is 7. The molecule has 2 unspecified atom stereocenters. The molecule has 1 aromatic rings. The monoisotopic (exact) mass is 292 g/mol. The smallest absolute Gasteiger partial charge is 0.127 e. The molecule has 0 aromatic heterocycles. The number of piperidine rings is 1. The zero-order valence-electron chi connectivity index (χ0n) is 13.4. The number of likely N-dealkylation sites (tertiary alicyclic amines) is 1. The van der Waals surface area contributed by atoms with Crippen molar-refractivity contribution in [2.24, 2.45) is 0 Å². The molecule has 1 N–H and O–H groups in total. The molecular formula is C18H29FN2. The second-order valence-electron chi connectivity index (χ2n) is 6.17. The Labute approximate surface area is 128 Å². The largest absolute Gasteiger partial charge is 0.310 e. The Hall–Kier alpha value is -0.930. The third kappa shape index (κ3) is 4.79. The highest BCUT2D eigenvalue weighted by atomic mass is 19.1. The normalized spacial score (nSPS) is 21.4. The van der Waals surface area contributed by atoms with Gasteiger partial charge in [-0.15, -0.1) is 0 Å². The van der Waals surface area contributed by atoms with Crippen LogP contribution in [0.25, 0.3) is 0 Å². The highest BCUT2D eigenvalue weighted by Crippen LogP contribution is 2.20. The third-order valence-electron chi connectivity index (χ3n) is 4.64. The van der Waals surface area contributed by atoms with E-state index in [-0.39, 0.29) is 11.9 Å². The molecule has 2 rings (SSSR count). The zero-order chi connectivity index (χ0) is 15.1. The first-order valence-electron chi connectivity index (χ1n) is 8.44. The molecule has 1 fully saturated rings. The average molecular weight is 292 g/mol. The predicted octanol–water partition coefficient (Wildman–Crippen LogP) is 4.13. The molecule has 0 saturated carbocycles. The van der Waals surface area contributed by atoms with Crippen LogP contribution in [0.1, 0.15) is 57.6 Å². The minimum Gasteiger partial charge on any atom is -0.310 e. The van der Waals surface area contributed by atoms with Crippen LogP contribution in [0, 0.1) is 5.82 Å². The van der Waals surface area contributed by atoms with Crippen molar-refractivity contribution in [2.45, 2.75) is 58.0 Å². The van der Waals surface area contributed by atoms with E-state index >= 15 is 0 Å². The van der Waals surface area contributed by atoms with Crippen LogP contribution in [0.4, 0.5) is 4.39 Å². The van der Waals surface area contributed by atoms with Crippen LogP contribution in [0.5, 0.6) is 0 Å². The van der Waals surface area contributed by atoms with E-state index in [1.54, 1.807) is 12.1 Å². The number of hydrogen-bond acceptors (Lipinski definition) is 2. The Kier molecular flexibility index (Phi) is 6.65. The lowest BCUT2D eigenvalue weighted by Gasteiger charge is -2.33. The molecule has 0 radical (unpaired) electrons. The molecule has 1 heterocycles. The fraction of sp³-hybridized carbons (Fsp3) is 0.667. The van der Waals surface area contributed by atoms with Gasteiger partial charge in [0, 0.05) is 17.6 Å². The average Bonchev–Trinajstić information content (AvgIpc) is 2.50. The fourth-order valence-corrected chi connectivity index (χ4v) is 3.28. The van der Waals surface area contributed by atoms with E-state index in [0.29, 0.717) is 0 Å². The Bertz CT molecular complexity index is 421. The van der Waals surface area contributed by atoms with E-state index in [9.17, 15) is 4.39 Å². The molecule has 1 aliphatic rings. The summed E-state index contributed by atoms with van der Waals surface area (Å²) < 4.78 is 13.8. The molecule has 2 atom stereocenters. The molecule has 0 aliphatic carbocycles. The second-order valence-corrected chi connectivity index (χ2v) is 6.17. The van der Waals surface area contributed by atoms with Crippen molar-refractivity contribution in [3.8, 4) is 0 Å². The van der Waals surface area contributed by atoms with Gasteiger partial charge in [0.25, 0.3) is 0 Å². The fourth-order valence-electron chi connectivity index (χ4n) is 3.28. The number of nitrogens with one attached hydrogen (secondary N) is 1. The first kappa shape index (κ1) is 16.4. The van der Waals surface area contributed by atoms with Crippen LogP contribution in [-0.2, 0) is 0 Å². The molecule has 0 bridgehead atoms. The summed E-state index contributed by atoms with van der Waals surface area (Å²) >= 11 is 0. The van der Waals surface area contributed by atoms with Gasteiger partial charge in [0.2, 0.25) is 0 Å². The first-order valence-corrected chi connectivity index (χ1v) is 8.44. The summed E-state index contributed by atoms with van der Waals surface area (Å²) in [5.41, 5.74) is 0.798. The number of benzene rings is 1. The van der Waals surface area contributed by atoms with Crippen molar-refractivity contribution in [1.29, 1.82) is 0 Å². The van der Waals surface area contributed by atoms with Crippen molar-refractivity contribution in [3.63, 3.8) is 0 Å². The summed E-state index contributed by atoms with van der Waals surface area (Å²) in [5, 5.41) is 3.51. The quantitative estimate of drug-likeness (QED) is 0.760. The van der Waals surface area contributed by atoms with Gasteiger partial charge >= 0.3 is 0 Å². The Morgan fingerprint density at radius 1 is 1.33 bits per heavy atom. The first-order chi connectivity index (χ1) is 10.2. The third-order valence-corrected chi connectivity index (χ3v) is 4.64. The van der Waals surface area contributed by atoms with E-state index in [1.165, 1.54) is 25.8 Å². The number of hydrogen-bond donors (Lipinski definition) is 1. The lowest BCUT2D eigenvalue weighted by atomic mass is 10.0. The van der Waals surface area contributed by atoms with E-state index < -0.39 is 0 Å². The Morgan fingerprint density at radius 2 is 2.14 bits per heavy atom. The molecule has 118 valence electrons. The molecule has 0 amide bonds. The van der Waals surface area contributed by atoms with E-state index in [4.69, 9.17) is 0 Å². The second kappa shape index (κ2) is 8.50. The highest BCUT2D eigenvalue weighted by Gasteiger charge is 2.17. The minimum absolute atomic E-state index is 0.0958.